The van der Waals surface area contributed by atoms with Crippen molar-refractivity contribution in [3.8, 4) is 17.1 Å². The molecule has 1 aliphatic rings. The van der Waals surface area contributed by atoms with Crippen LogP contribution < -0.4 is 4.74 Å². The average molecular weight is 305 g/mol. The Kier molecular flexibility index (Phi) is 4.40. The fourth-order valence-corrected chi connectivity index (χ4v) is 2.71. The Labute approximate surface area is 129 Å². The molecular weight excluding hydrogens is 285 g/mol. The van der Waals surface area contributed by atoms with E-state index in [2.05, 4.69) is 16.9 Å². The molecule has 0 bridgehead atoms. The van der Waals surface area contributed by atoms with E-state index in [0.717, 1.165) is 37.6 Å². The zero-order chi connectivity index (χ0) is 15.5. The van der Waals surface area contributed by atoms with Gasteiger partial charge in [0.25, 0.3) is 0 Å². The highest BCUT2D eigenvalue weighted by Crippen LogP contribution is 2.25. The SMILES string of the molecule is COc1cc(-c2nccn2CC2CN(C)CCO2)ccc1F. The van der Waals surface area contributed by atoms with Gasteiger partial charge in [-0.05, 0) is 25.2 Å². The standard InChI is InChI=1S/C16H20FN3O2/c1-19-7-8-22-13(10-19)11-20-6-5-18-16(20)12-3-4-14(17)15(9-12)21-2/h3-6,9,13H,7-8,10-11H2,1-2H3. The number of ether oxygens (including phenoxy) is 2. The summed E-state index contributed by atoms with van der Waals surface area (Å²) < 4.78 is 26.4. The molecule has 0 aliphatic carbocycles. The number of halogens is 1. The van der Waals surface area contributed by atoms with Gasteiger partial charge in [0.2, 0.25) is 0 Å². The molecule has 0 N–H and O–H groups in total. The van der Waals surface area contributed by atoms with Crippen molar-refractivity contribution < 1.29 is 13.9 Å². The fourth-order valence-electron chi connectivity index (χ4n) is 2.71. The molecule has 0 saturated carbocycles. The van der Waals surface area contributed by atoms with E-state index in [1.165, 1.54) is 13.2 Å². The molecular formula is C16H20FN3O2. The molecule has 0 spiro atoms. The summed E-state index contributed by atoms with van der Waals surface area (Å²) in [6.07, 6.45) is 3.80. The zero-order valence-electron chi connectivity index (χ0n) is 12.8. The van der Waals surface area contributed by atoms with Crippen LogP contribution in [0.1, 0.15) is 0 Å². The number of benzene rings is 1. The van der Waals surface area contributed by atoms with Crippen molar-refractivity contribution in [3.05, 3.63) is 36.4 Å². The largest absolute Gasteiger partial charge is 0.494 e. The van der Waals surface area contributed by atoms with Crippen molar-refractivity contribution in [1.29, 1.82) is 0 Å². The van der Waals surface area contributed by atoms with Crippen LogP contribution in [0.4, 0.5) is 4.39 Å². The highest BCUT2D eigenvalue weighted by Gasteiger charge is 2.19. The highest BCUT2D eigenvalue weighted by atomic mass is 19.1. The van der Waals surface area contributed by atoms with Crippen molar-refractivity contribution in [3.63, 3.8) is 0 Å². The van der Waals surface area contributed by atoms with Crippen LogP contribution in [0.15, 0.2) is 30.6 Å². The van der Waals surface area contributed by atoms with Crippen LogP contribution in [0.5, 0.6) is 5.75 Å². The van der Waals surface area contributed by atoms with Gasteiger partial charge in [-0.25, -0.2) is 9.37 Å². The van der Waals surface area contributed by atoms with Crippen molar-refractivity contribution in [2.75, 3.05) is 33.9 Å². The minimum atomic E-state index is -0.374. The van der Waals surface area contributed by atoms with E-state index < -0.39 is 0 Å². The smallest absolute Gasteiger partial charge is 0.165 e. The second kappa shape index (κ2) is 6.46. The summed E-state index contributed by atoms with van der Waals surface area (Å²) in [6, 6.07) is 4.78. The molecule has 1 saturated heterocycles. The summed E-state index contributed by atoms with van der Waals surface area (Å²) >= 11 is 0. The Morgan fingerprint density at radius 1 is 1.45 bits per heavy atom. The van der Waals surface area contributed by atoms with Crippen molar-refractivity contribution >= 4 is 0 Å². The van der Waals surface area contributed by atoms with E-state index in [9.17, 15) is 4.39 Å². The zero-order valence-corrected chi connectivity index (χ0v) is 12.8. The third-order valence-electron chi connectivity index (χ3n) is 3.87. The van der Waals surface area contributed by atoms with Crippen LogP contribution in [-0.4, -0.2) is 54.4 Å². The number of methoxy groups -OCH3 is 1. The molecule has 1 aromatic heterocycles. The van der Waals surface area contributed by atoms with E-state index in [1.54, 1.807) is 18.3 Å². The van der Waals surface area contributed by atoms with E-state index in [0.29, 0.717) is 0 Å². The molecule has 118 valence electrons. The Bertz CT molecular complexity index is 644. The van der Waals surface area contributed by atoms with Crippen LogP contribution in [-0.2, 0) is 11.3 Å². The van der Waals surface area contributed by atoms with Gasteiger partial charge in [0.1, 0.15) is 5.82 Å². The first kappa shape index (κ1) is 15.0. The summed E-state index contributed by atoms with van der Waals surface area (Å²) in [5.74, 6) is 0.637. The van der Waals surface area contributed by atoms with Gasteiger partial charge in [-0.3, -0.25) is 0 Å². The number of aromatic nitrogens is 2. The Morgan fingerprint density at radius 3 is 3.09 bits per heavy atom. The van der Waals surface area contributed by atoms with Crippen molar-refractivity contribution in [2.24, 2.45) is 0 Å². The molecule has 1 unspecified atom stereocenters. The molecule has 5 nitrogen and oxygen atoms in total. The third kappa shape index (κ3) is 3.13. The molecule has 1 aliphatic heterocycles. The maximum absolute atomic E-state index is 13.6. The number of imidazole rings is 1. The predicted octanol–water partition coefficient (Wildman–Crippen LogP) is 2.03. The summed E-state index contributed by atoms with van der Waals surface area (Å²) in [7, 11) is 3.55. The first-order chi connectivity index (χ1) is 10.7. The monoisotopic (exact) mass is 305 g/mol. The molecule has 2 aromatic rings. The fraction of sp³-hybridized carbons (Fsp3) is 0.438. The van der Waals surface area contributed by atoms with Gasteiger partial charge in [0, 0.05) is 31.0 Å². The molecule has 22 heavy (non-hydrogen) atoms. The lowest BCUT2D eigenvalue weighted by atomic mass is 10.2. The molecule has 3 rings (SSSR count). The Hall–Kier alpha value is -1.92. The maximum atomic E-state index is 13.6. The van der Waals surface area contributed by atoms with Crippen LogP contribution >= 0.6 is 0 Å². The maximum Gasteiger partial charge on any atom is 0.165 e. The summed E-state index contributed by atoms with van der Waals surface area (Å²) in [6.45, 7) is 3.32. The van der Waals surface area contributed by atoms with Gasteiger partial charge < -0.3 is 18.9 Å². The lowest BCUT2D eigenvalue weighted by molar-refractivity contribution is -0.0272. The number of nitrogens with zero attached hydrogens (tertiary/aromatic N) is 3. The number of morpholine rings is 1. The first-order valence-electron chi connectivity index (χ1n) is 7.32. The van der Waals surface area contributed by atoms with Gasteiger partial charge in [0.15, 0.2) is 11.6 Å². The molecule has 0 amide bonds. The topological polar surface area (TPSA) is 39.5 Å². The Morgan fingerprint density at radius 2 is 2.32 bits per heavy atom. The Balaban J connectivity index is 1.82. The lowest BCUT2D eigenvalue weighted by Gasteiger charge is -2.30. The second-order valence-electron chi connectivity index (χ2n) is 5.51. The number of likely N-dealkylation sites (N-methyl/N-ethyl adjacent to an activating group) is 1. The van der Waals surface area contributed by atoms with Crippen LogP contribution in [0.2, 0.25) is 0 Å². The minimum absolute atomic E-state index is 0.133. The van der Waals surface area contributed by atoms with Crippen molar-refractivity contribution in [1.82, 2.24) is 14.5 Å². The van der Waals surface area contributed by atoms with E-state index in [-0.39, 0.29) is 17.7 Å². The van der Waals surface area contributed by atoms with Crippen molar-refractivity contribution in [2.45, 2.75) is 12.6 Å². The third-order valence-corrected chi connectivity index (χ3v) is 3.87. The summed E-state index contributed by atoms with van der Waals surface area (Å²) in [4.78, 5) is 6.65. The highest BCUT2D eigenvalue weighted by molar-refractivity contribution is 5.58. The van der Waals surface area contributed by atoms with E-state index >= 15 is 0 Å². The van der Waals surface area contributed by atoms with Crippen LogP contribution in [0.25, 0.3) is 11.4 Å². The molecule has 0 radical (unpaired) electrons. The van der Waals surface area contributed by atoms with E-state index in [1.807, 2.05) is 10.8 Å². The van der Waals surface area contributed by atoms with Gasteiger partial charge in [0.05, 0.1) is 26.4 Å². The van der Waals surface area contributed by atoms with Gasteiger partial charge in [-0.15, -0.1) is 0 Å². The number of rotatable bonds is 4. The predicted molar refractivity (Wildman–Crippen MR) is 81.4 cm³/mol. The lowest BCUT2D eigenvalue weighted by Crippen LogP contribution is -2.41. The van der Waals surface area contributed by atoms with Crippen LogP contribution in [0, 0.1) is 5.82 Å². The number of hydrogen-bond donors (Lipinski definition) is 0. The molecule has 6 heteroatoms. The molecule has 1 atom stereocenters. The van der Waals surface area contributed by atoms with Gasteiger partial charge in [-0.2, -0.15) is 0 Å². The quantitative estimate of drug-likeness (QED) is 0.866. The molecule has 1 aromatic carbocycles. The number of hydrogen-bond acceptors (Lipinski definition) is 4. The minimum Gasteiger partial charge on any atom is -0.494 e. The first-order valence-corrected chi connectivity index (χ1v) is 7.32. The summed E-state index contributed by atoms with van der Waals surface area (Å²) in [5.41, 5.74) is 0.826. The average Bonchev–Trinajstić information content (AvgIpc) is 2.96. The summed E-state index contributed by atoms with van der Waals surface area (Å²) in [5, 5.41) is 0. The van der Waals surface area contributed by atoms with Crippen LogP contribution in [0.3, 0.4) is 0 Å². The van der Waals surface area contributed by atoms with Gasteiger partial charge in [-0.1, -0.05) is 0 Å². The second-order valence-corrected chi connectivity index (χ2v) is 5.51. The molecule has 1 fully saturated rings. The molecule has 2 heterocycles. The van der Waals surface area contributed by atoms with E-state index in [4.69, 9.17) is 9.47 Å². The van der Waals surface area contributed by atoms with Gasteiger partial charge >= 0.3 is 0 Å². The normalized spacial score (nSPS) is 19.3.